The van der Waals surface area contributed by atoms with Crippen LogP contribution in [-0.4, -0.2) is 7.11 Å². The van der Waals surface area contributed by atoms with E-state index < -0.39 is 17.7 Å². The van der Waals surface area contributed by atoms with Crippen molar-refractivity contribution in [1.29, 1.82) is 0 Å². The Labute approximate surface area is 114 Å². The van der Waals surface area contributed by atoms with Crippen LogP contribution in [-0.2, 0) is 0 Å². The normalized spacial score (nSPS) is 12.3. The fourth-order valence-corrected chi connectivity index (χ4v) is 2.04. The summed E-state index contributed by atoms with van der Waals surface area (Å²) < 4.78 is 31.7. The third-order valence-corrected chi connectivity index (χ3v) is 3.17. The Hall–Kier alpha value is -1.65. The van der Waals surface area contributed by atoms with Crippen molar-refractivity contribution in [3.05, 3.63) is 64.2 Å². The van der Waals surface area contributed by atoms with E-state index in [1.807, 2.05) is 0 Å². The first-order valence-electron chi connectivity index (χ1n) is 5.57. The minimum absolute atomic E-state index is 0.126. The van der Waals surface area contributed by atoms with Crippen LogP contribution in [0.5, 0.6) is 5.75 Å². The van der Waals surface area contributed by atoms with Gasteiger partial charge in [-0.3, -0.25) is 0 Å². The molecule has 0 fully saturated rings. The van der Waals surface area contributed by atoms with Crippen molar-refractivity contribution in [3.63, 3.8) is 0 Å². The van der Waals surface area contributed by atoms with Crippen LogP contribution in [0.4, 0.5) is 8.78 Å². The van der Waals surface area contributed by atoms with Crippen molar-refractivity contribution in [2.24, 2.45) is 5.73 Å². The number of nitrogens with two attached hydrogens (primary N) is 1. The van der Waals surface area contributed by atoms with Crippen LogP contribution in [0.3, 0.4) is 0 Å². The average molecular weight is 284 g/mol. The maximum Gasteiger partial charge on any atom is 0.165 e. The summed E-state index contributed by atoms with van der Waals surface area (Å²) in [6.07, 6.45) is 0. The van der Waals surface area contributed by atoms with Gasteiger partial charge >= 0.3 is 0 Å². The molecule has 0 heterocycles. The van der Waals surface area contributed by atoms with Crippen molar-refractivity contribution >= 4 is 11.6 Å². The quantitative estimate of drug-likeness (QED) is 0.933. The van der Waals surface area contributed by atoms with Crippen LogP contribution in [0, 0.1) is 11.6 Å². The second-order valence-electron chi connectivity index (χ2n) is 4.04. The van der Waals surface area contributed by atoms with Gasteiger partial charge in [0.2, 0.25) is 0 Å². The lowest BCUT2D eigenvalue weighted by molar-refractivity contribution is 0.386. The van der Waals surface area contributed by atoms with Crippen molar-refractivity contribution in [2.45, 2.75) is 6.04 Å². The van der Waals surface area contributed by atoms with E-state index in [9.17, 15) is 8.78 Å². The van der Waals surface area contributed by atoms with Gasteiger partial charge in [-0.25, -0.2) is 8.78 Å². The maximum absolute atomic E-state index is 13.6. The Morgan fingerprint density at radius 1 is 1.16 bits per heavy atom. The van der Waals surface area contributed by atoms with Crippen molar-refractivity contribution in [1.82, 2.24) is 0 Å². The lowest BCUT2D eigenvalue weighted by Gasteiger charge is -2.15. The van der Waals surface area contributed by atoms with Gasteiger partial charge in [-0.1, -0.05) is 17.7 Å². The van der Waals surface area contributed by atoms with E-state index in [0.717, 1.165) is 0 Å². The Morgan fingerprint density at radius 3 is 2.53 bits per heavy atom. The molecule has 5 heteroatoms. The van der Waals surface area contributed by atoms with E-state index in [0.29, 0.717) is 16.1 Å². The molecule has 0 spiro atoms. The highest BCUT2D eigenvalue weighted by Crippen LogP contribution is 2.29. The van der Waals surface area contributed by atoms with E-state index >= 15 is 0 Å². The van der Waals surface area contributed by atoms with E-state index in [2.05, 4.69) is 0 Å². The molecule has 1 unspecified atom stereocenters. The fourth-order valence-electron chi connectivity index (χ4n) is 1.81. The van der Waals surface area contributed by atoms with E-state index in [-0.39, 0.29) is 5.75 Å². The number of ether oxygens (including phenoxy) is 1. The number of rotatable bonds is 3. The zero-order valence-electron chi connectivity index (χ0n) is 10.2. The number of hydrogen-bond acceptors (Lipinski definition) is 2. The second-order valence-corrected chi connectivity index (χ2v) is 4.44. The summed E-state index contributed by atoms with van der Waals surface area (Å²) in [6.45, 7) is 0. The molecule has 100 valence electrons. The van der Waals surface area contributed by atoms with E-state index in [1.54, 1.807) is 6.07 Å². The van der Waals surface area contributed by atoms with Crippen molar-refractivity contribution in [2.75, 3.05) is 7.11 Å². The third kappa shape index (κ3) is 2.85. The molecule has 1 atom stereocenters. The molecule has 2 nitrogen and oxygen atoms in total. The van der Waals surface area contributed by atoms with Crippen LogP contribution in [0.2, 0.25) is 5.02 Å². The van der Waals surface area contributed by atoms with Gasteiger partial charge in [-0.05, 0) is 41.5 Å². The number of hydrogen-bond donors (Lipinski definition) is 1. The first kappa shape index (κ1) is 13.8. The van der Waals surface area contributed by atoms with Gasteiger partial charge in [-0.15, -0.1) is 0 Å². The monoisotopic (exact) mass is 283 g/mol. The molecule has 2 N–H and O–H groups in total. The van der Waals surface area contributed by atoms with Gasteiger partial charge in [0.05, 0.1) is 13.2 Å². The second kappa shape index (κ2) is 5.55. The third-order valence-electron chi connectivity index (χ3n) is 2.83. The standard InChI is InChI=1S/C14H12ClF2NO/c1-19-13-5-2-8(6-12(13)17)14(18)10-7-9(16)3-4-11(10)15/h2-7,14H,18H2,1H3. The van der Waals surface area contributed by atoms with E-state index in [1.165, 1.54) is 37.4 Å². The predicted molar refractivity (Wildman–Crippen MR) is 70.4 cm³/mol. The van der Waals surface area contributed by atoms with Crippen LogP contribution < -0.4 is 10.5 Å². The number of halogens is 3. The van der Waals surface area contributed by atoms with Gasteiger partial charge in [0, 0.05) is 5.02 Å². The lowest BCUT2D eigenvalue weighted by atomic mass is 9.99. The smallest absolute Gasteiger partial charge is 0.165 e. The van der Waals surface area contributed by atoms with Crippen molar-refractivity contribution in [3.8, 4) is 5.75 Å². The molecule has 0 amide bonds. The van der Waals surface area contributed by atoms with Crippen LogP contribution in [0.25, 0.3) is 0 Å². The highest BCUT2D eigenvalue weighted by Gasteiger charge is 2.15. The Kier molecular flexibility index (Phi) is 4.02. The average Bonchev–Trinajstić information content (AvgIpc) is 2.40. The molecule has 2 aromatic rings. The molecule has 0 saturated carbocycles. The van der Waals surface area contributed by atoms with Crippen LogP contribution in [0.1, 0.15) is 17.2 Å². The summed E-state index contributed by atoms with van der Waals surface area (Å²) in [7, 11) is 1.38. The molecule has 19 heavy (non-hydrogen) atoms. The summed E-state index contributed by atoms with van der Waals surface area (Å²) >= 11 is 5.97. The molecule has 0 aromatic heterocycles. The van der Waals surface area contributed by atoms with Crippen LogP contribution >= 0.6 is 11.6 Å². The van der Waals surface area contributed by atoms with Gasteiger partial charge in [0.25, 0.3) is 0 Å². The lowest BCUT2D eigenvalue weighted by Crippen LogP contribution is -2.13. The summed E-state index contributed by atoms with van der Waals surface area (Å²) in [6, 6.07) is 7.55. The summed E-state index contributed by atoms with van der Waals surface area (Å²) in [5.41, 5.74) is 6.89. The summed E-state index contributed by atoms with van der Waals surface area (Å²) in [4.78, 5) is 0. The first-order chi connectivity index (χ1) is 9.02. The Bertz CT molecular complexity index is 604. The van der Waals surface area contributed by atoms with Gasteiger partial charge in [0.1, 0.15) is 5.82 Å². The molecule has 0 aliphatic rings. The molecular weight excluding hydrogens is 272 g/mol. The molecule has 0 saturated heterocycles. The fraction of sp³-hybridized carbons (Fsp3) is 0.143. The molecule has 0 aliphatic heterocycles. The number of benzene rings is 2. The topological polar surface area (TPSA) is 35.2 Å². The Balaban J connectivity index is 2.41. The van der Waals surface area contributed by atoms with Crippen molar-refractivity contribution < 1.29 is 13.5 Å². The highest BCUT2D eigenvalue weighted by atomic mass is 35.5. The molecule has 0 radical (unpaired) electrons. The molecule has 2 rings (SSSR count). The van der Waals surface area contributed by atoms with Gasteiger partial charge in [0.15, 0.2) is 11.6 Å². The summed E-state index contributed by atoms with van der Waals surface area (Å²) in [5, 5.41) is 0.338. The van der Waals surface area contributed by atoms with Crippen LogP contribution in [0.15, 0.2) is 36.4 Å². The molecule has 0 bridgehead atoms. The first-order valence-corrected chi connectivity index (χ1v) is 5.94. The van der Waals surface area contributed by atoms with Gasteiger partial charge in [-0.2, -0.15) is 0 Å². The Morgan fingerprint density at radius 2 is 1.89 bits per heavy atom. The minimum Gasteiger partial charge on any atom is -0.494 e. The molecule has 2 aromatic carbocycles. The highest BCUT2D eigenvalue weighted by molar-refractivity contribution is 6.31. The predicted octanol–water partition coefficient (Wildman–Crippen LogP) is 3.67. The minimum atomic E-state index is -0.705. The van der Waals surface area contributed by atoms with E-state index in [4.69, 9.17) is 22.1 Å². The summed E-state index contributed by atoms with van der Waals surface area (Å²) in [5.74, 6) is -0.840. The number of methoxy groups -OCH3 is 1. The largest absolute Gasteiger partial charge is 0.494 e. The molecular formula is C14H12ClF2NO. The maximum atomic E-state index is 13.6. The van der Waals surface area contributed by atoms with Gasteiger partial charge < -0.3 is 10.5 Å². The zero-order valence-corrected chi connectivity index (χ0v) is 10.9. The SMILES string of the molecule is COc1ccc(C(N)c2cc(F)ccc2Cl)cc1F. The molecule has 0 aliphatic carbocycles. The zero-order chi connectivity index (χ0) is 14.0.